The summed E-state index contributed by atoms with van der Waals surface area (Å²) in [6.45, 7) is 1.25. The van der Waals surface area contributed by atoms with E-state index in [9.17, 15) is 29.8 Å². The first kappa shape index (κ1) is 20.4. The summed E-state index contributed by atoms with van der Waals surface area (Å²) < 4.78 is 4.84. The Kier molecular flexibility index (Phi) is 5.59. The largest absolute Gasteiger partial charge is 0.465 e. The number of rotatable bonds is 5. The molecule has 152 valence electrons. The number of amides is 1. The van der Waals surface area contributed by atoms with Gasteiger partial charge >= 0.3 is 5.97 Å². The van der Waals surface area contributed by atoms with Gasteiger partial charge in [-0.1, -0.05) is 0 Å². The van der Waals surface area contributed by atoms with Crippen LogP contribution in [0.5, 0.6) is 0 Å². The first-order chi connectivity index (χ1) is 13.7. The Morgan fingerprint density at radius 3 is 2.24 bits per heavy atom. The predicted octanol–water partition coefficient (Wildman–Crippen LogP) is 3.79. The van der Waals surface area contributed by atoms with Crippen LogP contribution in [0.1, 0.15) is 49.6 Å². The van der Waals surface area contributed by atoms with Gasteiger partial charge in [0.25, 0.3) is 17.3 Å². The Morgan fingerprint density at radius 2 is 1.69 bits per heavy atom. The van der Waals surface area contributed by atoms with Gasteiger partial charge in [-0.2, -0.15) is 0 Å². The topological polar surface area (TPSA) is 142 Å². The Morgan fingerprint density at radius 1 is 1.10 bits per heavy atom. The average molecular weight is 419 g/mol. The van der Waals surface area contributed by atoms with E-state index in [1.54, 1.807) is 0 Å². The average Bonchev–Trinajstić information content (AvgIpc) is 3.04. The van der Waals surface area contributed by atoms with Crippen molar-refractivity contribution < 1.29 is 24.2 Å². The van der Waals surface area contributed by atoms with Gasteiger partial charge in [-0.05, 0) is 38.2 Å². The molecule has 0 fully saturated rings. The second-order valence-corrected chi connectivity index (χ2v) is 7.62. The molecule has 0 radical (unpaired) electrons. The molecular weight excluding hydrogens is 402 g/mol. The number of hydrogen-bond acceptors (Lipinski definition) is 8. The lowest BCUT2D eigenvalue weighted by Crippen LogP contribution is -2.16. The number of aryl methyl sites for hydroxylation is 1. The molecular formula is C18H17N3O7S. The second-order valence-electron chi connectivity index (χ2n) is 6.51. The summed E-state index contributed by atoms with van der Waals surface area (Å²) in [6, 6.07) is 1.98. The number of fused-ring (bicyclic) bond motifs is 1. The number of methoxy groups -OCH3 is 1. The number of hydrogen-bond donors (Lipinski definition) is 1. The minimum Gasteiger partial charge on any atom is -0.465 e. The monoisotopic (exact) mass is 419 g/mol. The van der Waals surface area contributed by atoms with Crippen LogP contribution in [0.3, 0.4) is 0 Å². The molecule has 1 aliphatic carbocycles. The standard InChI is InChI=1S/C18H17N3O7S/c1-9-12(20(24)25)7-10(8-13(9)21(26)27)16(22)19-17-15(18(23)28-2)11-5-3-4-6-14(11)29-17/h7-8H,3-6H2,1-2H3,(H,19,22). The van der Waals surface area contributed by atoms with Crippen molar-refractivity contribution >= 4 is 39.6 Å². The number of anilines is 1. The number of benzene rings is 1. The van der Waals surface area contributed by atoms with Crippen molar-refractivity contribution in [3.63, 3.8) is 0 Å². The Balaban J connectivity index is 2.03. The molecule has 0 saturated heterocycles. The zero-order valence-corrected chi connectivity index (χ0v) is 16.5. The van der Waals surface area contributed by atoms with E-state index in [2.05, 4.69) is 5.32 Å². The van der Waals surface area contributed by atoms with Crippen LogP contribution in [-0.2, 0) is 17.6 Å². The Bertz CT molecular complexity index is 1010. The molecule has 0 aliphatic heterocycles. The zero-order valence-electron chi connectivity index (χ0n) is 15.6. The molecule has 0 spiro atoms. The van der Waals surface area contributed by atoms with E-state index in [1.807, 2.05) is 0 Å². The molecule has 0 atom stereocenters. The third kappa shape index (κ3) is 3.81. The summed E-state index contributed by atoms with van der Waals surface area (Å²) in [7, 11) is 1.24. The summed E-state index contributed by atoms with van der Waals surface area (Å²) in [5, 5.41) is 25.3. The molecule has 2 aromatic rings. The lowest BCUT2D eigenvalue weighted by Gasteiger charge is -2.11. The number of nitrogens with zero attached hydrogens (tertiary/aromatic N) is 2. The van der Waals surface area contributed by atoms with Crippen LogP contribution in [0.4, 0.5) is 16.4 Å². The maximum absolute atomic E-state index is 12.7. The van der Waals surface area contributed by atoms with Gasteiger partial charge in [0.2, 0.25) is 0 Å². The van der Waals surface area contributed by atoms with Gasteiger partial charge in [0, 0.05) is 17.0 Å². The fourth-order valence-corrected chi connectivity index (χ4v) is 4.61. The molecule has 1 aromatic carbocycles. The predicted molar refractivity (Wildman–Crippen MR) is 105 cm³/mol. The molecule has 11 heteroatoms. The molecule has 1 aliphatic rings. The van der Waals surface area contributed by atoms with Crippen LogP contribution < -0.4 is 5.32 Å². The molecule has 0 bridgehead atoms. The Labute approximate surface area is 168 Å². The maximum Gasteiger partial charge on any atom is 0.341 e. The fraction of sp³-hybridized carbons (Fsp3) is 0.333. The highest BCUT2D eigenvalue weighted by Gasteiger charge is 2.29. The van der Waals surface area contributed by atoms with E-state index in [-0.39, 0.29) is 21.7 Å². The highest BCUT2D eigenvalue weighted by Crippen LogP contribution is 2.39. The van der Waals surface area contributed by atoms with Gasteiger partial charge in [0.05, 0.1) is 28.1 Å². The third-order valence-electron chi connectivity index (χ3n) is 4.80. The maximum atomic E-state index is 12.7. The van der Waals surface area contributed by atoms with E-state index in [4.69, 9.17) is 4.74 Å². The summed E-state index contributed by atoms with van der Waals surface area (Å²) in [4.78, 5) is 46.9. The third-order valence-corrected chi connectivity index (χ3v) is 6.00. The molecule has 29 heavy (non-hydrogen) atoms. The molecule has 1 aromatic heterocycles. The number of esters is 1. The van der Waals surface area contributed by atoms with Crippen molar-refractivity contribution in [3.05, 3.63) is 59.5 Å². The first-order valence-electron chi connectivity index (χ1n) is 8.72. The SMILES string of the molecule is COC(=O)c1c(NC(=O)c2cc([N+](=O)[O-])c(C)c([N+](=O)[O-])c2)sc2c1CCCC2. The fourth-order valence-electron chi connectivity index (χ4n) is 3.34. The minimum absolute atomic E-state index is 0.140. The van der Waals surface area contributed by atoms with Gasteiger partial charge in [0.1, 0.15) is 10.6 Å². The van der Waals surface area contributed by atoms with Gasteiger partial charge in [-0.25, -0.2) is 4.79 Å². The number of carbonyl (C=O) groups is 2. The number of carbonyl (C=O) groups excluding carboxylic acids is 2. The molecule has 1 N–H and O–H groups in total. The normalized spacial score (nSPS) is 12.8. The quantitative estimate of drug-likeness (QED) is 0.441. The van der Waals surface area contributed by atoms with E-state index in [0.29, 0.717) is 6.42 Å². The molecule has 1 amide bonds. The van der Waals surface area contributed by atoms with Crippen LogP contribution in [0, 0.1) is 27.2 Å². The van der Waals surface area contributed by atoms with Crippen LogP contribution in [-0.4, -0.2) is 28.8 Å². The van der Waals surface area contributed by atoms with Crippen molar-refractivity contribution in [3.8, 4) is 0 Å². The van der Waals surface area contributed by atoms with Crippen LogP contribution >= 0.6 is 11.3 Å². The lowest BCUT2D eigenvalue weighted by molar-refractivity contribution is -0.395. The summed E-state index contributed by atoms with van der Waals surface area (Å²) >= 11 is 1.25. The number of nitrogens with one attached hydrogen (secondary N) is 1. The molecule has 10 nitrogen and oxygen atoms in total. The highest BCUT2D eigenvalue weighted by atomic mass is 32.1. The smallest absolute Gasteiger partial charge is 0.341 e. The molecule has 1 heterocycles. The first-order valence-corrected chi connectivity index (χ1v) is 9.53. The number of nitro benzene ring substituents is 2. The highest BCUT2D eigenvalue weighted by molar-refractivity contribution is 7.17. The number of ether oxygens (including phenoxy) is 1. The zero-order chi connectivity index (χ0) is 21.3. The van der Waals surface area contributed by atoms with E-state index < -0.39 is 33.1 Å². The minimum atomic E-state index is -0.778. The van der Waals surface area contributed by atoms with Crippen LogP contribution in [0.25, 0.3) is 0 Å². The summed E-state index contributed by atoms with van der Waals surface area (Å²) in [5.74, 6) is -1.36. The molecule has 0 saturated carbocycles. The molecule has 0 unspecified atom stereocenters. The molecule has 3 rings (SSSR count). The summed E-state index contributed by atoms with van der Waals surface area (Å²) in [6.07, 6.45) is 3.35. The van der Waals surface area contributed by atoms with Crippen LogP contribution in [0.2, 0.25) is 0 Å². The van der Waals surface area contributed by atoms with Crippen molar-refractivity contribution in [2.24, 2.45) is 0 Å². The van der Waals surface area contributed by atoms with E-state index >= 15 is 0 Å². The van der Waals surface area contributed by atoms with E-state index in [1.165, 1.54) is 25.4 Å². The van der Waals surface area contributed by atoms with Gasteiger partial charge in [-0.3, -0.25) is 25.0 Å². The Hall–Kier alpha value is -3.34. The van der Waals surface area contributed by atoms with Gasteiger partial charge in [0.15, 0.2) is 0 Å². The van der Waals surface area contributed by atoms with Crippen molar-refractivity contribution in [1.29, 1.82) is 0 Å². The second kappa shape index (κ2) is 7.95. The van der Waals surface area contributed by atoms with Crippen LogP contribution in [0.15, 0.2) is 12.1 Å². The van der Waals surface area contributed by atoms with Crippen molar-refractivity contribution in [2.75, 3.05) is 12.4 Å². The van der Waals surface area contributed by atoms with Crippen molar-refractivity contribution in [1.82, 2.24) is 0 Å². The van der Waals surface area contributed by atoms with E-state index in [0.717, 1.165) is 41.8 Å². The number of nitro groups is 2. The van der Waals surface area contributed by atoms with Gasteiger partial charge in [-0.15, -0.1) is 11.3 Å². The van der Waals surface area contributed by atoms with Crippen molar-refractivity contribution in [2.45, 2.75) is 32.6 Å². The lowest BCUT2D eigenvalue weighted by atomic mass is 9.95. The summed E-state index contributed by atoms with van der Waals surface area (Å²) in [5.41, 5.74) is -0.318. The number of thiophene rings is 1. The van der Waals surface area contributed by atoms with Gasteiger partial charge < -0.3 is 10.1 Å².